The minimum Gasteiger partial charge on any atom is -0.489 e. The summed E-state index contributed by atoms with van der Waals surface area (Å²) in [5, 5.41) is 3.30. The van der Waals surface area contributed by atoms with E-state index < -0.39 is 0 Å². The van der Waals surface area contributed by atoms with Crippen LogP contribution in [0.3, 0.4) is 0 Å². The fourth-order valence-electron chi connectivity index (χ4n) is 1.51. The van der Waals surface area contributed by atoms with Crippen molar-refractivity contribution >= 4 is 15.9 Å². The van der Waals surface area contributed by atoms with Crippen molar-refractivity contribution in [1.29, 1.82) is 0 Å². The van der Waals surface area contributed by atoms with Crippen LogP contribution in [0.4, 0.5) is 0 Å². The number of hydrogen-bond donors (Lipinski definition) is 1. The summed E-state index contributed by atoms with van der Waals surface area (Å²) in [6, 6.07) is 1.86. The molecule has 0 aromatic carbocycles. The van der Waals surface area contributed by atoms with Crippen LogP contribution in [-0.2, 0) is 0 Å². The zero-order chi connectivity index (χ0) is 9.80. The second-order valence-corrected chi connectivity index (χ2v) is 4.10. The summed E-state index contributed by atoms with van der Waals surface area (Å²) in [6.07, 6.45) is 6.96. The molecule has 1 aromatic rings. The molecule has 14 heavy (non-hydrogen) atoms. The van der Waals surface area contributed by atoms with Gasteiger partial charge in [0.25, 0.3) is 0 Å². The van der Waals surface area contributed by atoms with E-state index in [1.807, 2.05) is 6.07 Å². The van der Waals surface area contributed by atoms with E-state index in [1.165, 1.54) is 0 Å². The molecule has 1 fully saturated rings. The van der Waals surface area contributed by atoms with E-state index in [4.69, 9.17) is 4.74 Å². The van der Waals surface area contributed by atoms with Crippen LogP contribution in [0.5, 0.6) is 5.75 Å². The zero-order valence-electron chi connectivity index (χ0n) is 7.79. The lowest BCUT2D eigenvalue weighted by Gasteiger charge is -2.24. The Bertz CT molecular complexity index is 300. The smallest absolute Gasteiger partial charge is 0.137 e. The number of nitrogens with one attached hydrogen (secondary N) is 1. The van der Waals surface area contributed by atoms with Crippen LogP contribution in [0, 0.1) is 6.20 Å². The summed E-state index contributed by atoms with van der Waals surface area (Å²) >= 11 is 3.36. The zero-order valence-corrected chi connectivity index (χ0v) is 9.38. The number of ether oxygens (including phenoxy) is 1. The molecular formula is C10H12BrN2O. The molecule has 0 bridgehead atoms. The van der Waals surface area contributed by atoms with Crippen molar-refractivity contribution in [3.8, 4) is 5.75 Å². The average molecular weight is 256 g/mol. The van der Waals surface area contributed by atoms with Gasteiger partial charge in [-0.3, -0.25) is 4.98 Å². The maximum Gasteiger partial charge on any atom is 0.137 e. The van der Waals surface area contributed by atoms with Crippen molar-refractivity contribution in [1.82, 2.24) is 10.3 Å². The molecular weight excluding hydrogens is 244 g/mol. The van der Waals surface area contributed by atoms with E-state index in [-0.39, 0.29) is 0 Å². The maximum absolute atomic E-state index is 5.83. The van der Waals surface area contributed by atoms with Crippen molar-refractivity contribution in [2.45, 2.75) is 18.9 Å². The van der Waals surface area contributed by atoms with Gasteiger partial charge in [-0.05, 0) is 47.9 Å². The van der Waals surface area contributed by atoms with Gasteiger partial charge in [0, 0.05) is 6.20 Å². The topological polar surface area (TPSA) is 34.1 Å². The molecule has 75 valence electrons. The van der Waals surface area contributed by atoms with E-state index in [2.05, 4.69) is 32.4 Å². The first-order valence-electron chi connectivity index (χ1n) is 4.76. The highest BCUT2D eigenvalue weighted by Crippen LogP contribution is 2.24. The molecule has 2 heterocycles. The maximum atomic E-state index is 5.83. The fraction of sp³-hybridized carbons (Fsp3) is 0.500. The number of pyridine rings is 1. The molecule has 1 aliphatic heterocycles. The second-order valence-electron chi connectivity index (χ2n) is 3.30. The predicted octanol–water partition coefficient (Wildman–Crippen LogP) is 1.78. The standard InChI is InChI=1S/C10H12BrN2O/c11-9-7-13-6-3-10(9)14-8-1-4-12-5-2-8/h3,6,8,12H,1-2,4-5H2. The van der Waals surface area contributed by atoms with E-state index >= 15 is 0 Å². The van der Waals surface area contributed by atoms with Gasteiger partial charge < -0.3 is 10.1 Å². The van der Waals surface area contributed by atoms with Gasteiger partial charge in [0.15, 0.2) is 0 Å². The Morgan fingerprint density at radius 3 is 3.00 bits per heavy atom. The molecule has 0 amide bonds. The molecule has 1 N–H and O–H groups in total. The summed E-state index contributed by atoms with van der Waals surface area (Å²) in [6.45, 7) is 2.08. The predicted molar refractivity (Wildman–Crippen MR) is 57.3 cm³/mol. The summed E-state index contributed by atoms with van der Waals surface area (Å²) in [7, 11) is 0. The molecule has 1 aliphatic rings. The van der Waals surface area contributed by atoms with Crippen LogP contribution in [0.2, 0.25) is 0 Å². The van der Waals surface area contributed by atoms with Crippen LogP contribution < -0.4 is 10.1 Å². The third-order valence-electron chi connectivity index (χ3n) is 2.26. The monoisotopic (exact) mass is 255 g/mol. The van der Waals surface area contributed by atoms with E-state index in [0.29, 0.717) is 6.10 Å². The van der Waals surface area contributed by atoms with E-state index in [9.17, 15) is 0 Å². The van der Waals surface area contributed by atoms with Gasteiger partial charge in [-0.2, -0.15) is 0 Å². The Labute approximate surface area is 92.0 Å². The van der Waals surface area contributed by atoms with Crippen LogP contribution in [-0.4, -0.2) is 24.2 Å². The molecule has 1 aromatic heterocycles. The van der Waals surface area contributed by atoms with Crippen LogP contribution in [0.1, 0.15) is 12.8 Å². The number of rotatable bonds is 2. The van der Waals surface area contributed by atoms with Crippen molar-refractivity contribution in [3.63, 3.8) is 0 Å². The molecule has 0 unspecified atom stereocenters. The Morgan fingerprint density at radius 2 is 2.29 bits per heavy atom. The molecule has 1 saturated heterocycles. The number of piperidine rings is 1. The van der Waals surface area contributed by atoms with Gasteiger partial charge in [0.1, 0.15) is 18.1 Å². The molecule has 2 rings (SSSR count). The van der Waals surface area contributed by atoms with Gasteiger partial charge in [0.2, 0.25) is 0 Å². The second kappa shape index (κ2) is 4.75. The van der Waals surface area contributed by atoms with Crippen LogP contribution in [0.15, 0.2) is 16.7 Å². The third kappa shape index (κ3) is 2.45. The number of nitrogens with zero attached hydrogens (tertiary/aromatic N) is 1. The van der Waals surface area contributed by atoms with E-state index in [1.54, 1.807) is 6.20 Å². The first kappa shape index (κ1) is 9.93. The Balaban J connectivity index is 1.99. The molecule has 0 atom stereocenters. The summed E-state index contributed by atoms with van der Waals surface area (Å²) in [4.78, 5) is 3.87. The van der Waals surface area contributed by atoms with Gasteiger partial charge in [-0.15, -0.1) is 0 Å². The number of hydrogen-bond acceptors (Lipinski definition) is 3. The SMILES string of the molecule is Brc1[c]nccc1OC1CCNCC1. The lowest BCUT2D eigenvalue weighted by molar-refractivity contribution is 0.161. The Morgan fingerprint density at radius 1 is 1.50 bits per heavy atom. The molecule has 3 nitrogen and oxygen atoms in total. The molecule has 0 aliphatic carbocycles. The normalized spacial score (nSPS) is 18.1. The molecule has 4 heteroatoms. The molecule has 1 radical (unpaired) electrons. The minimum absolute atomic E-state index is 0.323. The molecule has 0 saturated carbocycles. The molecule has 0 spiro atoms. The first-order chi connectivity index (χ1) is 6.86. The van der Waals surface area contributed by atoms with Gasteiger partial charge in [0.05, 0.1) is 4.47 Å². The number of halogens is 1. The Hall–Kier alpha value is -0.610. The van der Waals surface area contributed by atoms with Crippen molar-refractivity contribution in [3.05, 3.63) is 22.9 Å². The van der Waals surface area contributed by atoms with Crippen molar-refractivity contribution in [2.24, 2.45) is 0 Å². The first-order valence-corrected chi connectivity index (χ1v) is 5.55. The largest absolute Gasteiger partial charge is 0.489 e. The Kier molecular flexibility index (Phi) is 3.37. The fourth-order valence-corrected chi connectivity index (χ4v) is 1.84. The lowest BCUT2D eigenvalue weighted by atomic mass is 10.1. The third-order valence-corrected chi connectivity index (χ3v) is 2.83. The van der Waals surface area contributed by atoms with E-state index in [0.717, 1.165) is 36.2 Å². The average Bonchev–Trinajstić information content (AvgIpc) is 2.23. The van der Waals surface area contributed by atoms with Crippen LogP contribution >= 0.6 is 15.9 Å². The van der Waals surface area contributed by atoms with Crippen molar-refractivity contribution < 1.29 is 4.74 Å². The minimum atomic E-state index is 0.323. The quantitative estimate of drug-likeness (QED) is 0.875. The van der Waals surface area contributed by atoms with Gasteiger partial charge in [-0.1, -0.05) is 0 Å². The van der Waals surface area contributed by atoms with Crippen LogP contribution in [0.25, 0.3) is 0 Å². The highest BCUT2D eigenvalue weighted by Gasteiger charge is 2.15. The lowest BCUT2D eigenvalue weighted by Crippen LogP contribution is -2.34. The van der Waals surface area contributed by atoms with Crippen molar-refractivity contribution in [2.75, 3.05) is 13.1 Å². The summed E-state index contributed by atoms with van der Waals surface area (Å²) in [5.74, 6) is 0.840. The summed E-state index contributed by atoms with van der Waals surface area (Å²) < 4.78 is 6.63. The van der Waals surface area contributed by atoms with Gasteiger partial charge in [-0.25, -0.2) is 0 Å². The number of aromatic nitrogens is 1. The highest BCUT2D eigenvalue weighted by molar-refractivity contribution is 9.10. The van der Waals surface area contributed by atoms with Gasteiger partial charge >= 0.3 is 0 Å². The highest BCUT2D eigenvalue weighted by atomic mass is 79.9. The summed E-state index contributed by atoms with van der Waals surface area (Å²) in [5.41, 5.74) is 0.